The van der Waals surface area contributed by atoms with Crippen molar-refractivity contribution < 1.29 is 19.1 Å². The lowest BCUT2D eigenvalue weighted by Gasteiger charge is -2.21. The van der Waals surface area contributed by atoms with Crippen molar-refractivity contribution >= 4 is 29.3 Å². The van der Waals surface area contributed by atoms with Crippen molar-refractivity contribution in [2.24, 2.45) is 5.10 Å². The zero-order valence-electron chi connectivity index (χ0n) is 13.0. The van der Waals surface area contributed by atoms with Gasteiger partial charge in [0, 0.05) is 18.2 Å². The van der Waals surface area contributed by atoms with E-state index in [1.807, 2.05) is 6.92 Å². The topological polar surface area (TPSA) is 109 Å². The molecule has 1 aliphatic rings. The van der Waals surface area contributed by atoms with Gasteiger partial charge in [0.2, 0.25) is 0 Å². The van der Waals surface area contributed by atoms with Crippen LogP contribution < -0.4 is 16.1 Å². The average molecular weight is 318 g/mol. The fourth-order valence-electron chi connectivity index (χ4n) is 2.09. The second-order valence-electron chi connectivity index (χ2n) is 5.12. The first-order valence-corrected chi connectivity index (χ1v) is 7.09. The third kappa shape index (κ3) is 4.29. The minimum absolute atomic E-state index is 0.215. The summed E-state index contributed by atoms with van der Waals surface area (Å²) in [4.78, 5) is 33.8. The number of nitrogens with one attached hydrogen (secondary N) is 3. The number of ether oxygens (including phenoxy) is 1. The Morgan fingerprint density at radius 2 is 1.96 bits per heavy atom. The Bertz CT molecular complexity index is 654. The molecule has 1 heterocycles. The SMILES string of the molecule is CC(=O)OC(C)C(=O)Nc1ccc(C2=NNC(=O)NC2C)cc1. The first-order chi connectivity index (χ1) is 10.9. The minimum Gasteiger partial charge on any atom is -0.453 e. The van der Waals surface area contributed by atoms with Gasteiger partial charge >= 0.3 is 12.0 Å². The number of amides is 3. The molecular formula is C15H18N4O4. The van der Waals surface area contributed by atoms with Crippen molar-refractivity contribution in [1.82, 2.24) is 10.7 Å². The van der Waals surface area contributed by atoms with Gasteiger partial charge in [-0.05, 0) is 26.0 Å². The highest BCUT2D eigenvalue weighted by molar-refractivity contribution is 6.07. The maximum atomic E-state index is 11.9. The van der Waals surface area contributed by atoms with Gasteiger partial charge in [-0.3, -0.25) is 9.59 Å². The molecule has 0 aromatic heterocycles. The molecule has 1 aromatic rings. The van der Waals surface area contributed by atoms with Crippen LogP contribution in [0.4, 0.5) is 10.5 Å². The Morgan fingerprint density at radius 1 is 1.30 bits per heavy atom. The lowest BCUT2D eigenvalue weighted by molar-refractivity contribution is -0.150. The molecular weight excluding hydrogens is 300 g/mol. The molecule has 1 aliphatic heterocycles. The molecule has 122 valence electrons. The number of hydrogen-bond acceptors (Lipinski definition) is 5. The summed E-state index contributed by atoms with van der Waals surface area (Å²) in [6, 6.07) is 6.41. The molecule has 0 bridgehead atoms. The van der Waals surface area contributed by atoms with Crippen LogP contribution in [-0.4, -0.2) is 35.8 Å². The molecule has 3 N–H and O–H groups in total. The van der Waals surface area contributed by atoms with Crippen LogP contribution in [0, 0.1) is 0 Å². The smallest absolute Gasteiger partial charge is 0.335 e. The highest BCUT2D eigenvalue weighted by Gasteiger charge is 2.20. The van der Waals surface area contributed by atoms with Gasteiger partial charge in [-0.25, -0.2) is 10.2 Å². The highest BCUT2D eigenvalue weighted by atomic mass is 16.5. The normalized spacial score (nSPS) is 18.1. The number of anilines is 1. The number of urea groups is 1. The van der Waals surface area contributed by atoms with Crippen LogP contribution >= 0.6 is 0 Å². The highest BCUT2D eigenvalue weighted by Crippen LogP contribution is 2.13. The van der Waals surface area contributed by atoms with E-state index in [9.17, 15) is 14.4 Å². The number of hydrogen-bond donors (Lipinski definition) is 3. The fourth-order valence-corrected chi connectivity index (χ4v) is 2.09. The van der Waals surface area contributed by atoms with Crippen molar-refractivity contribution in [2.45, 2.75) is 32.9 Å². The van der Waals surface area contributed by atoms with Gasteiger partial charge < -0.3 is 15.4 Å². The molecule has 0 aliphatic carbocycles. The first kappa shape index (κ1) is 16.5. The third-order valence-corrected chi connectivity index (χ3v) is 3.20. The summed E-state index contributed by atoms with van der Waals surface area (Å²) >= 11 is 0. The maximum absolute atomic E-state index is 11.9. The zero-order valence-corrected chi connectivity index (χ0v) is 13.0. The van der Waals surface area contributed by atoms with E-state index in [0.29, 0.717) is 11.4 Å². The van der Waals surface area contributed by atoms with E-state index < -0.39 is 18.0 Å². The van der Waals surface area contributed by atoms with Gasteiger partial charge in [0.1, 0.15) is 0 Å². The molecule has 0 saturated carbocycles. The van der Waals surface area contributed by atoms with Crippen molar-refractivity contribution in [3.63, 3.8) is 0 Å². The van der Waals surface area contributed by atoms with Crippen LogP contribution in [0.3, 0.4) is 0 Å². The quantitative estimate of drug-likeness (QED) is 0.719. The van der Waals surface area contributed by atoms with Crippen molar-refractivity contribution in [3.05, 3.63) is 29.8 Å². The average Bonchev–Trinajstić information content (AvgIpc) is 2.47. The van der Waals surface area contributed by atoms with E-state index in [2.05, 4.69) is 21.2 Å². The summed E-state index contributed by atoms with van der Waals surface area (Å²) < 4.78 is 4.81. The molecule has 2 rings (SSSR count). The summed E-state index contributed by atoms with van der Waals surface area (Å²) in [5.74, 6) is -0.924. The predicted molar refractivity (Wildman–Crippen MR) is 84.0 cm³/mol. The molecule has 0 saturated heterocycles. The largest absolute Gasteiger partial charge is 0.453 e. The summed E-state index contributed by atoms with van der Waals surface area (Å²) in [5.41, 5.74) is 4.44. The first-order valence-electron chi connectivity index (χ1n) is 7.09. The van der Waals surface area contributed by atoms with E-state index in [1.54, 1.807) is 24.3 Å². The van der Waals surface area contributed by atoms with Crippen molar-refractivity contribution in [2.75, 3.05) is 5.32 Å². The summed E-state index contributed by atoms with van der Waals surface area (Å²) in [6.45, 7) is 4.57. The minimum atomic E-state index is -0.866. The summed E-state index contributed by atoms with van der Waals surface area (Å²) in [5, 5.41) is 9.39. The Kier molecular flexibility index (Phi) is 4.95. The van der Waals surface area contributed by atoms with Crippen molar-refractivity contribution in [1.29, 1.82) is 0 Å². The van der Waals surface area contributed by atoms with Crippen LogP contribution in [0.15, 0.2) is 29.4 Å². The zero-order chi connectivity index (χ0) is 17.0. The lowest BCUT2D eigenvalue weighted by Crippen LogP contribution is -2.48. The number of carbonyl (C=O) groups is 3. The molecule has 8 nitrogen and oxygen atoms in total. The van der Waals surface area contributed by atoms with Gasteiger partial charge in [0.05, 0.1) is 11.8 Å². The Hall–Kier alpha value is -2.90. The van der Waals surface area contributed by atoms with Crippen LogP contribution in [-0.2, 0) is 14.3 Å². The van der Waals surface area contributed by atoms with E-state index in [0.717, 1.165) is 5.56 Å². The van der Waals surface area contributed by atoms with Crippen molar-refractivity contribution in [3.8, 4) is 0 Å². The van der Waals surface area contributed by atoms with Crippen LogP contribution in [0.25, 0.3) is 0 Å². The van der Waals surface area contributed by atoms with Gasteiger partial charge in [-0.15, -0.1) is 0 Å². The van der Waals surface area contributed by atoms with Gasteiger partial charge in [0.25, 0.3) is 5.91 Å². The molecule has 3 amide bonds. The Labute approximate surface area is 133 Å². The molecule has 2 unspecified atom stereocenters. The summed E-state index contributed by atoms with van der Waals surface area (Å²) in [6.07, 6.45) is -0.866. The molecule has 0 radical (unpaired) electrons. The monoisotopic (exact) mass is 318 g/mol. The number of benzene rings is 1. The molecule has 23 heavy (non-hydrogen) atoms. The number of nitrogens with zero attached hydrogens (tertiary/aromatic N) is 1. The van der Waals surface area contributed by atoms with Crippen LogP contribution in [0.5, 0.6) is 0 Å². The van der Waals surface area contributed by atoms with Gasteiger partial charge in [-0.1, -0.05) is 12.1 Å². The molecule has 1 aromatic carbocycles. The molecule has 2 atom stereocenters. The van der Waals surface area contributed by atoms with Gasteiger partial charge in [0.15, 0.2) is 6.10 Å². The number of carbonyl (C=O) groups excluding carboxylic acids is 3. The number of esters is 1. The second-order valence-corrected chi connectivity index (χ2v) is 5.12. The number of rotatable bonds is 4. The standard InChI is InChI=1S/C15H18N4O4/c1-8-13(18-19-15(22)16-8)11-4-6-12(7-5-11)17-14(21)9(2)23-10(3)20/h4-9H,1-3H3,(H,17,21)(H2,16,19,22). The molecule has 0 spiro atoms. The predicted octanol–water partition coefficient (Wildman–Crippen LogP) is 0.982. The Morgan fingerprint density at radius 3 is 2.52 bits per heavy atom. The fraction of sp³-hybridized carbons (Fsp3) is 0.333. The number of hydrazone groups is 1. The van der Waals surface area contributed by atoms with Gasteiger partial charge in [-0.2, -0.15) is 5.10 Å². The van der Waals surface area contributed by atoms with E-state index in [-0.39, 0.29) is 12.1 Å². The summed E-state index contributed by atoms with van der Waals surface area (Å²) in [7, 11) is 0. The molecule has 0 fully saturated rings. The Balaban J connectivity index is 2.04. The lowest BCUT2D eigenvalue weighted by atomic mass is 10.0. The second kappa shape index (κ2) is 6.91. The third-order valence-electron chi connectivity index (χ3n) is 3.20. The van der Waals surface area contributed by atoms with E-state index in [1.165, 1.54) is 13.8 Å². The van der Waals surface area contributed by atoms with Crippen LogP contribution in [0.2, 0.25) is 0 Å². The van der Waals surface area contributed by atoms with E-state index in [4.69, 9.17) is 4.74 Å². The molecule has 8 heteroatoms. The van der Waals surface area contributed by atoms with E-state index >= 15 is 0 Å². The van der Waals surface area contributed by atoms with Crippen LogP contribution in [0.1, 0.15) is 26.3 Å². The maximum Gasteiger partial charge on any atom is 0.335 e.